The van der Waals surface area contributed by atoms with Gasteiger partial charge in [-0.25, -0.2) is 16.8 Å². The van der Waals surface area contributed by atoms with E-state index in [2.05, 4.69) is 0 Å². The average Bonchev–Trinajstić information content (AvgIpc) is 2.21. The maximum atomic E-state index is 12.5. The van der Waals surface area contributed by atoms with Gasteiger partial charge in [-0.2, -0.15) is 26.3 Å². The van der Waals surface area contributed by atoms with Crippen molar-refractivity contribution in [3.63, 3.8) is 0 Å². The summed E-state index contributed by atoms with van der Waals surface area (Å²) in [4.78, 5) is 0. The van der Waals surface area contributed by atoms with Crippen LogP contribution in [0.25, 0.3) is 0 Å². The molecule has 12 heteroatoms. The van der Waals surface area contributed by atoms with Crippen LogP contribution in [0.4, 0.5) is 26.3 Å². The first-order valence-electron chi connectivity index (χ1n) is 5.24. The predicted molar refractivity (Wildman–Crippen MR) is 57.9 cm³/mol. The van der Waals surface area contributed by atoms with E-state index in [0.717, 1.165) is 6.92 Å². The van der Waals surface area contributed by atoms with Crippen molar-refractivity contribution >= 4 is 19.7 Å². The maximum Gasteiger partial charge on any atom is 0.498 e. The fraction of sp³-hybridized carbons (Fsp3) is 1.00. The van der Waals surface area contributed by atoms with Crippen molar-refractivity contribution in [3.05, 3.63) is 0 Å². The highest BCUT2D eigenvalue weighted by atomic mass is 32.3. The average molecular weight is 350 g/mol. The fourth-order valence-electron chi connectivity index (χ4n) is 1.77. The van der Waals surface area contributed by atoms with Crippen molar-refractivity contribution in [1.82, 2.24) is 0 Å². The molecule has 0 N–H and O–H groups in total. The lowest BCUT2D eigenvalue weighted by molar-refractivity contribution is -0.0496. The molecule has 0 fully saturated rings. The van der Waals surface area contributed by atoms with E-state index < -0.39 is 54.0 Å². The molecule has 20 heavy (non-hydrogen) atoms. The highest BCUT2D eigenvalue weighted by Gasteiger charge is 2.71. The number of alkyl halides is 6. The van der Waals surface area contributed by atoms with E-state index >= 15 is 0 Å². The van der Waals surface area contributed by atoms with E-state index in [4.69, 9.17) is 0 Å². The zero-order chi connectivity index (χ0) is 16.6. The van der Waals surface area contributed by atoms with Gasteiger partial charge in [0.05, 0.1) is 0 Å². The standard InChI is InChI=1S/C8H12F6O4S2/c1-3-5-6(4-2,19(15,16)7(9,10)11)20(17,18)8(12,13)14/h3-5H2,1-2H3. The van der Waals surface area contributed by atoms with E-state index in [-0.39, 0.29) is 0 Å². The van der Waals surface area contributed by atoms with Crippen molar-refractivity contribution in [3.8, 4) is 0 Å². The third kappa shape index (κ3) is 2.63. The second-order valence-electron chi connectivity index (χ2n) is 3.91. The molecular weight excluding hydrogens is 338 g/mol. The Bertz CT molecular complexity index is 498. The van der Waals surface area contributed by atoms with Gasteiger partial charge in [0.25, 0.3) is 19.7 Å². The minimum Gasteiger partial charge on any atom is -0.218 e. The van der Waals surface area contributed by atoms with E-state index in [0.29, 0.717) is 6.92 Å². The second-order valence-corrected chi connectivity index (χ2v) is 8.67. The molecule has 0 aliphatic heterocycles. The summed E-state index contributed by atoms with van der Waals surface area (Å²) in [7, 11) is -13.1. The number of sulfone groups is 2. The Morgan fingerprint density at radius 3 is 1.20 bits per heavy atom. The number of halogens is 6. The van der Waals surface area contributed by atoms with Crippen LogP contribution in [0, 0.1) is 0 Å². The van der Waals surface area contributed by atoms with E-state index in [1.54, 1.807) is 0 Å². The minimum atomic E-state index is -6.56. The molecule has 0 bridgehead atoms. The molecule has 0 saturated carbocycles. The summed E-state index contributed by atoms with van der Waals surface area (Å²) < 4.78 is 117. The van der Waals surface area contributed by atoms with E-state index in [9.17, 15) is 43.2 Å². The topological polar surface area (TPSA) is 68.3 Å². The molecule has 0 atom stereocenters. The molecule has 0 spiro atoms. The van der Waals surface area contributed by atoms with Gasteiger partial charge in [0.1, 0.15) is 0 Å². The first kappa shape index (κ1) is 19.5. The lowest BCUT2D eigenvalue weighted by Gasteiger charge is -2.32. The van der Waals surface area contributed by atoms with Crippen LogP contribution in [0.5, 0.6) is 0 Å². The highest BCUT2D eigenvalue weighted by Crippen LogP contribution is 2.47. The van der Waals surface area contributed by atoms with Crippen molar-refractivity contribution in [2.45, 2.75) is 48.2 Å². The molecule has 0 amide bonds. The molecule has 0 aromatic rings. The van der Waals surface area contributed by atoms with E-state index in [1.165, 1.54) is 0 Å². The first-order chi connectivity index (χ1) is 8.62. The minimum absolute atomic E-state index is 0.488. The summed E-state index contributed by atoms with van der Waals surface area (Å²) in [6.07, 6.45) is -3.14. The highest BCUT2D eigenvalue weighted by molar-refractivity contribution is 8.11. The predicted octanol–water partition coefficient (Wildman–Crippen LogP) is 2.76. The van der Waals surface area contributed by atoms with E-state index in [1.807, 2.05) is 0 Å². The Hall–Kier alpha value is -0.520. The van der Waals surface area contributed by atoms with Crippen LogP contribution >= 0.6 is 0 Å². The zero-order valence-corrected chi connectivity index (χ0v) is 12.0. The quantitative estimate of drug-likeness (QED) is 0.715. The van der Waals surface area contributed by atoms with Crippen molar-refractivity contribution in [2.75, 3.05) is 0 Å². The van der Waals surface area contributed by atoms with Gasteiger partial charge in [0, 0.05) is 0 Å². The molecule has 0 heterocycles. The summed E-state index contributed by atoms with van der Waals surface area (Å²) in [5.41, 5.74) is -12.2. The molecule has 0 radical (unpaired) electrons. The van der Waals surface area contributed by atoms with Crippen LogP contribution in [0.15, 0.2) is 0 Å². The van der Waals surface area contributed by atoms with Gasteiger partial charge in [-0.3, -0.25) is 0 Å². The van der Waals surface area contributed by atoms with Crippen molar-refractivity contribution < 1.29 is 43.2 Å². The summed E-state index contributed by atoms with van der Waals surface area (Å²) >= 11 is 0. The number of rotatable bonds is 5. The normalized spacial score (nSPS) is 15.4. The molecule has 0 unspecified atom stereocenters. The van der Waals surface area contributed by atoms with Crippen molar-refractivity contribution in [1.29, 1.82) is 0 Å². The molecule has 0 aliphatic rings. The lowest BCUT2D eigenvalue weighted by Crippen LogP contribution is -2.55. The van der Waals surface area contributed by atoms with Crippen LogP contribution in [0.1, 0.15) is 33.1 Å². The van der Waals surface area contributed by atoms with Crippen LogP contribution in [-0.2, 0) is 19.7 Å². The Labute approximate surface area is 112 Å². The Kier molecular flexibility index (Phi) is 5.21. The largest absolute Gasteiger partial charge is 0.498 e. The van der Waals surface area contributed by atoms with Gasteiger partial charge < -0.3 is 0 Å². The third-order valence-corrected chi connectivity index (χ3v) is 8.24. The Morgan fingerprint density at radius 2 is 1.05 bits per heavy atom. The van der Waals surface area contributed by atoms with Crippen LogP contribution < -0.4 is 0 Å². The van der Waals surface area contributed by atoms with Gasteiger partial charge in [-0.1, -0.05) is 20.3 Å². The zero-order valence-electron chi connectivity index (χ0n) is 10.3. The van der Waals surface area contributed by atoms with Crippen LogP contribution in [0.2, 0.25) is 0 Å². The Morgan fingerprint density at radius 1 is 0.750 bits per heavy atom. The molecule has 0 aromatic carbocycles. The fourth-order valence-corrected chi connectivity index (χ4v) is 6.04. The molecule has 0 aliphatic carbocycles. The summed E-state index contributed by atoms with van der Waals surface area (Å²) in [5, 5.41) is 0. The molecule has 4 nitrogen and oxygen atoms in total. The van der Waals surface area contributed by atoms with Crippen LogP contribution in [0.3, 0.4) is 0 Å². The number of hydrogen-bond donors (Lipinski definition) is 0. The van der Waals surface area contributed by atoms with Gasteiger partial charge in [-0.05, 0) is 12.8 Å². The smallest absolute Gasteiger partial charge is 0.218 e. The third-order valence-electron chi connectivity index (χ3n) is 2.76. The van der Waals surface area contributed by atoms with Gasteiger partial charge >= 0.3 is 11.0 Å². The second kappa shape index (κ2) is 5.35. The Balaban J connectivity index is 6.63. The molecule has 0 aromatic heterocycles. The molecule has 0 rings (SSSR count). The monoisotopic (exact) mass is 350 g/mol. The van der Waals surface area contributed by atoms with Gasteiger partial charge in [0.15, 0.2) is 4.08 Å². The molecule has 0 saturated heterocycles. The maximum absolute atomic E-state index is 12.5. The summed E-state index contributed by atoms with van der Waals surface area (Å²) in [6.45, 7) is 1.74. The summed E-state index contributed by atoms with van der Waals surface area (Å²) in [6, 6.07) is 0. The first-order valence-corrected chi connectivity index (χ1v) is 8.20. The number of hydrogen-bond acceptors (Lipinski definition) is 4. The van der Waals surface area contributed by atoms with Gasteiger partial charge in [-0.15, -0.1) is 0 Å². The summed E-state index contributed by atoms with van der Waals surface area (Å²) in [5.74, 6) is 0. The molecular formula is C8H12F6O4S2. The SMILES string of the molecule is CCCC(CC)(S(=O)(=O)C(F)(F)F)S(=O)(=O)C(F)(F)F. The van der Waals surface area contributed by atoms with Crippen molar-refractivity contribution in [2.24, 2.45) is 0 Å². The van der Waals surface area contributed by atoms with Gasteiger partial charge in [0.2, 0.25) is 0 Å². The van der Waals surface area contributed by atoms with Crippen LogP contribution in [-0.4, -0.2) is 31.9 Å². The molecule has 122 valence electrons. The lowest BCUT2D eigenvalue weighted by atomic mass is 10.2.